The summed E-state index contributed by atoms with van der Waals surface area (Å²) in [7, 11) is 0. The molecule has 2 N–H and O–H groups in total. The Hall–Kier alpha value is -2.64. The third-order valence-corrected chi connectivity index (χ3v) is 3.20. The minimum absolute atomic E-state index is 0.00285. The number of nitrogens with one attached hydrogen (secondary N) is 2. The van der Waals surface area contributed by atoms with Gasteiger partial charge < -0.3 is 15.2 Å². The number of nitro groups is 1. The van der Waals surface area contributed by atoms with Gasteiger partial charge in [-0.2, -0.15) is 0 Å². The molecule has 8 nitrogen and oxygen atoms in total. The van der Waals surface area contributed by atoms with E-state index in [9.17, 15) is 14.9 Å². The van der Waals surface area contributed by atoms with E-state index in [1.54, 1.807) is 11.0 Å². The second-order valence-electron chi connectivity index (χ2n) is 4.46. The molecule has 8 heteroatoms. The number of hydrogen-bond donors (Lipinski definition) is 2. The Balaban J connectivity index is 2.09. The van der Waals surface area contributed by atoms with E-state index in [4.69, 9.17) is 0 Å². The number of amides is 1. The number of carbonyl (C=O) groups is 1. The van der Waals surface area contributed by atoms with Gasteiger partial charge >= 0.3 is 0 Å². The van der Waals surface area contributed by atoms with Crippen molar-refractivity contribution < 1.29 is 9.72 Å². The molecule has 0 radical (unpaired) electrons. The second-order valence-corrected chi connectivity index (χ2v) is 4.46. The fraction of sp³-hybridized carbons (Fsp3) is 0.385. The zero-order valence-electron chi connectivity index (χ0n) is 11.9. The number of benzene rings is 1. The number of fused-ring (bicyclic) bond motifs is 1. The van der Waals surface area contributed by atoms with Crippen LogP contribution in [0.15, 0.2) is 18.2 Å². The number of aromatic nitrogens is 2. The van der Waals surface area contributed by atoms with Crippen LogP contribution in [0, 0.1) is 10.1 Å². The molecule has 0 atom stereocenters. The Morgan fingerprint density at radius 3 is 2.76 bits per heavy atom. The van der Waals surface area contributed by atoms with Crippen LogP contribution in [0.2, 0.25) is 0 Å². The maximum Gasteiger partial charge on any atom is 0.271 e. The molecule has 0 unspecified atom stereocenters. The second kappa shape index (κ2) is 6.21. The molecule has 0 saturated carbocycles. The van der Waals surface area contributed by atoms with Crippen LogP contribution in [0.25, 0.3) is 11.0 Å². The van der Waals surface area contributed by atoms with Gasteiger partial charge in [-0.25, -0.2) is 4.98 Å². The van der Waals surface area contributed by atoms with E-state index in [2.05, 4.69) is 15.3 Å². The van der Waals surface area contributed by atoms with E-state index >= 15 is 0 Å². The van der Waals surface area contributed by atoms with Crippen LogP contribution >= 0.6 is 0 Å². The van der Waals surface area contributed by atoms with E-state index < -0.39 is 4.92 Å². The van der Waals surface area contributed by atoms with Gasteiger partial charge in [0.2, 0.25) is 11.9 Å². The zero-order chi connectivity index (χ0) is 15.4. The SMILES string of the molecule is CCN(CC)C(=O)CNc1nc2ccc([N+](=O)[O-])cc2[nH]1. The van der Waals surface area contributed by atoms with Gasteiger partial charge in [0.05, 0.1) is 22.5 Å². The van der Waals surface area contributed by atoms with Crippen LogP contribution in [-0.2, 0) is 4.79 Å². The molecule has 2 aromatic rings. The van der Waals surface area contributed by atoms with E-state index in [0.717, 1.165) is 0 Å². The van der Waals surface area contributed by atoms with Gasteiger partial charge in [-0.1, -0.05) is 0 Å². The van der Waals surface area contributed by atoms with Gasteiger partial charge in [0, 0.05) is 25.2 Å². The molecule has 0 aliphatic rings. The molecule has 1 amide bonds. The first-order valence-corrected chi connectivity index (χ1v) is 6.71. The maximum absolute atomic E-state index is 11.9. The van der Waals surface area contributed by atoms with E-state index in [-0.39, 0.29) is 18.1 Å². The van der Waals surface area contributed by atoms with Crippen LogP contribution in [0.1, 0.15) is 13.8 Å². The average molecular weight is 291 g/mol. The molecule has 0 spiro atoms. The summed E-state index contributed by atoms with van der Waals surface area (Å²) in [5, 5.41) is 13.6. The van der Waals surface area contributed by atoms with Gasteiger partial charge in [0.15, 0.2) is 0 Å². The molecule has 0 bridgehead atoms. The third kappa shape index (κ3) is 3.28. The highest BCUT2D eigenvalue weighted by Crippen LogP contribution is 2.20. The molecule has 1 aromatic heterocycles. The van der Waals surface area contributed by atoms with Crippen molar-refractivity contribution in [3.63, 3.8) is 0 Å². The highest BCUT2D eigenvalue weighted by atomic mass is 16.6. The van der Waals surface area contributed by atoms with Crippen LogP contribution in [0.4, 0.5) is 11.6 Å². The van der Waals surface area contributed by atoms with Crippen molar-refractivity contribution in [3.05, 3.63) is 28.3 Å². The normalized spacial score (nSPS) is 10.6. The third-order valence-electron chi connectivity index (χ3n) is 3.20. The molecular weight excluding hydrogens is 274 g/mol. The Kier molecular flexibility index (Phi) is 4.36. The van der Waals surface area contributed by atoms with Crippen molar-refractivity contribution in [3.8, 4) is 0 Å². The molecule has 1 heterocycles. The number of rotatable bonds is 6. The summed E-state index contributed by atoms with van der Waals surface area (Å²) >= 11 is 0. The van der Waals surface area contributed by atoms with Crippen molar-refractivity contribution in [2.75, 3.05) is 25.0 Å². The molecule has 0 aliphatic heterocycles. The number of hydrogen-bond acceptors (Lipinski definition) is 5. The van der Waals surface area contributed by atoms with Crippen LogP contribution < -0.4 is 5.32 Å². The predicted octanol–water partition coefficient (Wildman–Crippen LogP) is 1.75. The zero-order valence-corrected chi connectivity index (χ0v) is 11.9. The summed E-state index contributed by atoms with van der Waals surface area (Å²) < 4.78 is 0. The highest BCUT2D eigenvalue weighted by molar-refractivity contribution is 5.82. The molecular formula is C13H17N5O3. The molecule has 112 valence electrons. The van der Waals surface area contributed by atoms with Crippen molar-refractivity contribution >= 4 is 28.6 Å². The lowest BCUT2D eigenvalue weighted by Gasteiger charge is -2.18. The van der Waals surface area contributed by atoms with Crippen molar-refractivity contribution in [2.24, 2.45) is 0 Å². The first-order chi connectivity index (χ1) is 10.0. The number of anilines is 1. The van der Waals surface area contributed by atoms with Gasteiger partial charge in [0.1, 0.15) is 0 Å². The van der Waals surface area contributed by atoms with Gasteiger partial charge in [-0.3, -0.25) is 14.9 Å². The summed E-state index contributed by atoms with van der Waals surface area (Å²) in [6, 6.07) is 4.38. The van der Waals surface area contributed by atoms with Crippen molar-refractivity contribution in [1.82, 2.24) is 14.9 Å². The summed E-state index contributed by atoms with van der Waals surface area (Å²) in [4.78, 5) is 31.0. The first-order valence-electron chi connectivity index (χ1n) is 6.71. The van der Waals surface area contributed by atoms with Crippen molar-refractivity contribution in [1.29, 1.82) is 0 Å². The van der Waals surface area contributed by atoms with Gasteiger partial charge in [0.25, 0.3) is 5.69 Å². The van der Waals surface area contributed by atoms with E-state index in [1.165, 1.54) is 12.1 Å². The molecule has 0 saturated heterocycles. The molecule has 0 aliphatic carbocycles. The lowest BCUT2D eigenvalue weighted by molar-refractivity contribution is -0.384. The predicted molar refractivity (Wildman–Crippen MR) is 79.2 cm³/mol. The average Bonchev–Trinajstić information content (AvgIpc) is 2.88. The summed E-state index contributed by atoms with van der Waals surface area (Å²) in [6.45, 7) is 5.28. The maximum atomic E-state index is 11.9. The van der Waals surface area contributed by atoms with Crippen molar-refractivity contribution in [2.45, 2.75) is 13.8 Å². The minimum Gasteiger partial charge on any atom is -0.347 e. The summed E-state index contributed by atoms with van der Waals surface area (Å²) in [5.74, 6) is 0.400. The number of non-ortho nitro benzene ring substituents is 1. The Bertz CT molecular complexity index is 663. The number of aromatic amines is 1. The Morgan fingerprint density at radius 1 is 1.43 bits per heavy atom. The quantitative estimate of drug-likeness (QED) is 0.623. The molecule has 2 rings (SSSR count). The summed E-state index contributed by atoms with van der Waals surface area (Å²) in [6.07, 6.45) is 0. The highest BCUT2D eigenvalue weighted by Gasteiger charge is 2.12. The lowest BCUT2D eigenvalue weighted by Crippen LogP contribution is -2.35. The fourth-order valence-electron chi connectivity index (χ4n) is 2.04. The molecule has 1 aromatic carbocycles. The van der Waals surface area contributed by atoms with Crippen LogP contribution in [0.3, 0.4) is 0 Å². The van der Waals surface area contributed by atoms with Crippen LogP contribution in [0.5, 0.6) is 0 Å². The molecule has 21 heavy (non-hydrogen) atoms. The number of nitro benzene ring substituents is 1. The first kappa shape index (κ1) is 14.8. The standard InChI is InChI=1S/C13H17N5O3/c1-3-17(4-2)12(19)8-14-13-15-10-6-5-9(18(20)21)7-11(10)16-13/h5-7H,3-4,8H2,1-2H3,(H2,14,15,16). The minimum atomic E-state index is -0.461. The largest absolute Gasteiger partial charge is 0.347 e. The lowest BCUT2D eigenvalue weighted by atomic mass is 10.3. The Morgan fingerprint density at radius 2 is 2.14 bits per heavy atom. The number of H-pyrrole nitrogens is 1. The number of imidazole rings is 1. The number of nitrogens with zero attached hydrogens (tertiary/aromatic N) is 3. The van der Waals surface area contributed by atoms with Crippen LogP contribution in [-0.4, -0.2) is 45.3 Å². The summed E-state index contributed by atoms with van der Waals surface area (Å²) in [5.41, 5.74) is 1.16. The fourth-order valence-corrected chi connectivity index (χ4v) is 2.04. The Labute approximate surface area is 121 Å². The van der Waals surface area contributed by atoms with Gasteiger partial charge in [-0.15, -0.1) is 0 Å². The van der Waals surface area contributed by atoms with E-state index in [1.807, 2.05) is 13.8 Å². The number of likely N-dealkylation sites (N-methyl/N-ethyl adjacent to an activating group) is 1. The van der Waals surface area contributed by atoms with Gasteiger partial charge in [-0.05, 0) is 19.9 Å². The number of carbonyl (C=O) groups excluding carboxylic acids is 1. The monoisotopic (exact) mass is 291 g/mol. The smallest absolute Gasteiger partial charge is 0.271 e. The van der Waals surface area contributed by atoms with E-state index in [0.29, 0.717) is 30.1 Å². The topological polar surface area (TPSA) is 104 Å². The molecule has 0 fully saturated rings.